The van der Waals surface area contributed by atoms with E-state index in [0.717, 1.165) is 0 Å². The normalized spacial score (nSPS) is 12.2. The van der Waals surface area contributed by atoms with Crippen LogP contribution < -0.4 is 10.1 Å². The number of ether oxygens (including phenoxy) is 1. The fourth-order valence-corrected chi connectivity index (χ4v) is 2.00. The van der Waals surface area contributed by atoms with Gasteiger partial charge in [-0.25, -0.2) is 8.78 Å². The molecule has 0 saturated heterocycles. The first kappa shape index (κ1) is 14.5. The minimum absolute atomic E-state index is 0.197. The first-order chi connectivity index (χ1) is 9.61. The van der Waals surface area contributed by atoms with Crippen molar-refractivity contribution in [1.82, 2.24) is 5.32 Å². The lowest BCUT2D eigenvalue weighted by Gasteiger charge is -2.15. The van der Waals surface area contributed by atoms with Gasteiger partial charge in [-0.1, -0.05) is 24.3 Å². The van der Waals surface area contributed by atoms with E-state index in [1.165, 1.54) is 19.2 Å². The molecule has 2 nitrogen and oxygen atoms in total. The summed E-state index contributed by atoms with van der Waals surface area (Å²) in [5, 5.41) is 3.11. The van der Waals surface area contributed by atoms with Crippen LogP contribution in [0.1, 0.15) is 24.1 Å². The minimum Gasteiger partial charge on any atom is -0.497 e. The molecule has 2 aromatic carbocycles. The number of nitrogens with one attached hydrogen (secondary N) is 1. The van der Waals surface area contributed by atoms with Crippen LogP contribution in [-0.2, 0) is 6.54 Å². The molecule has 4 heteroatoms. The summed E-state index contributed by atoms with van der Waals surface area (Å²) >= 11 is 0. The van der Waals surface area contributed by atoms with Crippen molar-refractivity contribution in [2.45, 2.75) is 19.5 Å². The lowest BCUT2D eigenvalue weighted by atomic mass is 10.1. The molecule has 0 aliphatic heterocycles. The molecule has 0 aliphatic rings. The second-order valence-electron chi connectivity index (χ2n) is 4.58. The van der Waals surface area contributed by atoms with Crippen molar-refractivity contribution in [2.75, 3.05) is 7.11 Å². The highest BCUT2D eigenvalue weighted by Crippen LogP contribution is 2.19. The van der Waals surface area contributed by atoms with Crippen LogP contribution in [0.5, 0.6) is 5.75 Å². The molecule has 2 aromatic rings. The number of rotatable bonds is 5. The minimum atomic E-state index is -0.336. The molecule has 0 heterocycles. The van der Waals surface area contributed by atoms with Gasteiger partial charge in [0.25, 0.3) is 0 Å². The van der Waals surface area contributed by atoms with E-state index >= 15 is 0 Å². The summed E-state index contributed by atoms with van der Waals surface area (Å²) in [5.41, 5.74) is 1.09. The Kier molecular flexibility index (Phi) is 4.69. The lowest BCUT2D eigenvalue weighted by molar-refractivity contribution is 0.410. The Bertz CT molecular complexity index is 586. The van der Waals surface area contributed by atoms with Crippen molar-refractivity contribution >= 4 is 0 Å². The van der Waals surface area contributed by atoms with Crippen molar-refractivity contribution in [1.29, 1.82) is 0 Å². The summed E-state index contributed by atoms with van der Waals surface area (Å²) in [6.45, 7) is 2.17. The lowest BCUT2D eigenvalue weighted by Crippen LogP contribution is -2.19. The van der Waals surface area contributed by atoms with Gasteiger partial charge in [0.1, 0.15) is 17.4 Å². The standard InChI is InChI=1S/C16H17F2NO/c1-11(14-5-3-4-6-15(14)17)19-10-12-7-8-13(20-2)9-16(12)18/h3-9,11,19H,10H2,1-2H3/t11-/m1/s1. The summed E-state index contributed by atoms with van der Waals surface area (Å²) in [7, 11) is 1.49. The van der Waals surface area contributed by atoms with E-state index in [2.05, 4.69) is 5.32 Å². The number of benzene rings is 2. The van der Waals surface area contributed by atoms with Gasteiger partial charge in [0, 0.05) is 29.8 Å². The quantitative estimate of drug-likeness (QED) is 0.897. The maximum atomic E-state index is 13.8. The van der Waals surface area contributed by atoms with E-state index in [1.807, 2.05) is 6.92 Å². The summed E-state index contributed by atoms with van der Waals surface area (Å²) < 4.78 is 32.3. The monoisotopic (exact) mass is 277 g/mol. The number of halogens is 2. The van der Waals surface area contributed by atoms with Crippen LogP contribution >= 0.6 is 0 Å². The van der Waals surface area contributed by atoms with E-state index in [-0.39, 0.29) is 17.7 Å². The Morgan fingerprint density at radius 3 is 2.50 bits per heavy atom. The van der Waals surface area contributed by atoms with Crippen molar-refractivity contribution in [2.24, 2.45) is 0 Å². The van der Waals surface area contributed by atoms with Crippen LogP contribution in [-0.4, -0.2) is 7.11 Å². The third-order valence-corrected chi connectivity index (χ3v) is 3.23. The van der Waals surface area contributed by atoms with Crippen molar-refractivity contribution in [3.8, 4) is 5.75 Å². The van der Waals surface area contributed by atoms with Crippen molar-refractivity contribution in [3.05, 3.63) is 65.2 Å². The third kappa shape index (κ3) is 3.33. The van der Waals surface area contributed by atoms with Crippen LogP contribution in [0.25, 0.3) is 0 Å². The topological polar surface area (TPSA) is 21.3 Å². The molecular weight excluding hydrogens is 260 g/mol. The van der Waals surface area contributed by atoms with Crippen LogP contribution in [0.4, 0.5) is 8.78 Å². The highest BCUT2D eigenvalue weighted by atomic mass is 19.1. The summed E-state index contributed by atoms with van der Waals surface area (Å²) in [6, 6.07) is 11.1. The van der Waals surface area contributed by atoms with Crippen LogP contribution in [0.3, 0.4) is 0 Å². The average molecular weight is 277 g/mol. The number of hydrogen-bond acceptors (Lipinski definition) is 2. The molecule has 106 valence electrons. The summed E-state index contributed by atoms with van der Waals surface area (Å²) in [5.74, 6) is -0.117. The highest BCUT2D eigenvalue weighted by Gasteiger charge is 2.11. The zero-order chi connectivity index (χ0) is 14.5. The molecule has 0 spiro atoms. The first-order valence-electron chi connectivity index (χ1n) is 6.42. The van der Waals surface area contributed by atoms with Gasteiger partial charge in [-0.2, -0.15) is 0 Å². The first-order valence-corrected chi connectivity index (χ1v) is 6.42. The van der Waals surface area contributed by atoms with E-state index in [4.69, 9.17) is 4.74 Å². The Labute approximate surface area is 117 Å². The van der Waals surface area contributed by atoms with Gasteiger partial charge in [-0.15, -0.1) is 0 Å². The maximum absolute atomic E-state index is 13.8. The summed E-state index contributed by atoms with van der Waals surface area (Å²) in [4.78, 5) is 0. The van der Waals surface area contributed by atoms with Crippen LogP contribution in [0, 0.1) is 11.6 Å². The molecule has 1 N–H and O–H groups in total. The van der Waals surface area contributed by atoms with Gasteiger partial charge in [0.05, 0.1) is 7.11 Å². The molecule has 0 bridgehead atoms. The van der Waals surface area contributed by atoms with E-state index in [1.54, 1.807) is 30.3 Å². The SMILES string of the molecule is COc1ccc(CN[C@H](C)c2ccccc2F)c(F)c1. The molecule has 0 radical (unpaired) electrons. The predicted molar refractivity (Wildman–Crippen MR) is 74.6 cm³/mol. The number of hydrogen-bond donors (Lipinski definition) is 1. The molecule has 0 unspecified atom stereocenters. The zero-order valence-corrected chi connectivity index (χ0v) is 11.5. The fourth-order valence-electron chi connectivity index (χ4n) is 2.00. The van der Waals surface area contributed by atoms with Crippen molar-refractivity contribution < 1.29 is 13.5 Å². The van der Waals surface area contributed by atoms with Gasteiger partial charge < -0.3 is 10.1 Å². The molecule has 2 rings (SSSR count). The van der Waals surface area contributed by atoms with Crippen LogP contribution in [0.15, 0.2) is 42.5 Å². The zero-order valence-electron chi connectivity index (χ0n) is 11.5. The predicted octanol–water partition coefficient (Wildman–Crippen LogP) is 3.82. The summed E-state index contributed by atoms with van der Waals surface area (Å²) in [6.07, 6.45) is 0. The molecule has 0 saturated carbocycles. The van der Waals surface area contributed by atoms with E-state index in [0.29, 0.717) is 23.4 Å². The molecule has 0 fully saturated rings. The smallest absolute Gasteiger partial charge is 0.131 e. The average Bonchev–Trinajstić information content (AvgIpc) is 2.46. The Morgan fingerprint density at radius 1 is 1.10 bits per heavy atom. The van der Waals surface area contributed by atoms with E-state index < -0.39 is 0 Å². The highest BCUT2D eigenvalue weighted by molar-refractivity contribution is 5.29. The van der Waals surface area contributed by atoms with Crippen LogP contribution in [0.2, 0.25) is 0 Å². The third-order valence-electron chi connectivity index (χ3n) is 3.23. The number of methoxy groups -OCH3 is 1. The van der Waals surface area contributed by atoms with Gasteiger partial charge in [-0.3, -0.25) is 0 Å². The fraction of sp³-hybridized carbons (Fsp3) is 0.250. The maximum Gasteiger partial charge on any atom is 0.131 e. The van der Waals surface area contributed by atoms with E-state index in [9.17, 15) is 8.78 Å². The molecular formula is C16H17F2NO. The molecule has 0 aromatic heterocycles. The molecule has 20 heavy (non-hydrogen) atoms. The molecule has 1 atom stereocenters. The Balaban J connectivity index is 2.04. The molecule has 0 amide bonds. The second-order valence-corrected chi connectivity index (χ2v) is 4.58. The molecule has 0 aliphatic carbocycles. The Morgan fingerprint density at radius 2 is 1.85 bits per heavy atom. The largest absolute Gasteiger partial charge is 0.497 e. The van der Waals surface area contributed by atoms with Gasteiger partial charge >= 0.3 is 0 Å². The van der Waals surface area contributed by atoms with Gasteiger partial charge in [0.15, 0.2) is 0 Å². The second kappa shape index (κ2) is 6.48. The van der Waals surface area contributed by atoms with Crippen molar-refractivity contribution in [3.63, 3.8) is 0 Å². The van der Waals surface area contributed by atoms with Gasteiger partial charge in [0.2, 0.25) is 0 Å². The Hall–Kier alpha value is -1.94. The van der Waals surface area contributed by atoms with Gasteiger partial charge in [-0.05, 0) is 19.1 Å².